The quantitative estimate of drug-likeness (QED) is 0.518. The lowest BCUT2D eigenvalue weighted by Crippen LogP contribution is -2.49. The van der Waals surface area contributed by atoms with Crippen molar-refractivity contribution in [1.29, 1.82) is 0 Å². The van der Waals surface area contributed by atoms with Gasteiger partial charge in [0.15, 0.2) is 0 Å². The van der Waals surface area contributed by atoms with Crippen molar-refractivity contribution in [1.82, 2.24) is 9.88 Å². The van der Waals surface area contributed by atoms with Gasteiger partial charge in [-0.3, -0.25) is 4.79 Å². The molecule has 0 radical (unpaired) electrons. The number of methoxy groups -OCH3 is 1. The molecular weight excluding hydrogens is 444 g/mol. The van der Waals surface area contributed by atoms with Crippen LogP contribution >= 0.6 is 0 Å². The van der Waals surface area contributed by atoms with E-state index >= 15 is 0 Å². The minimum absolute atomic E-state index is 0.399. The van der Waals surface area contributed by atoms with E-state index in [9.17, 15) is 14.7 Å². The molecule has 2 aromatic carbocycles. The van der Waals surface area contributed by atoms with Crippen molar-refractivity contribution in [3.8, 4) is 22.8 Å². The fraction of sp³-hybridized carbons (Fsp3) is 0.429. The number of carbonyl (C=O) groups is 2. The third kappa shape index (κ3) is 4.13. The van der Waals surface area contributed by atoms with Crippen molar-refractivity contribution in [2.45, 2.75) is 64.0 Å². The van der Waals surface area contributed by atoms with Gasteiger partial charge < -0.3 is 24.5 Å². The zero-order valence-corrected chi connectivity index (χ0v) is 20.5. The van der Waals surface area contributed by atoms with Crippen LogP contribution in [-0.2, 0) is 11.3 Å². The van der Waals surface area contributed by atoms with Crippen LogP contribution in [0.4, 0.5) is 0 Å². The van der Waals surface area contributed by atoms with Gasteiger partial charge >= 0.3 is 5.97 Å². The van der Waals surface area contributed by atoms with Crippen molar-refractivity contribution in [3.05, 3.63) is 47.5 Å². The molecule has 5 rings (SSSR count). The summed E-state index contributed by atoms with van der Waals surface area (Å²) in [4.78, 5) is 24.5. The Morgan fingerprint density at radius 1 is 1.11 bits per heavy atom. The van der Waals surface area contributed by atoms with Gasteiger partial charge in [0.05, 0.1) is 19.3 Å². The third-order valence-corrected chi connectivity index (χ3v) is 7.36. The van der Waals surface area contributed by atoms with Gasteiger partial charge in [-0.25, -0.2) is 4.79 Å². The molecule has 0 spiro atoms. The predicted molar refractivity (Wildman–Crippen MR) is 134 cm³/mol. The lowest BCUT2D eigenvalue weighted by Gasteiger charge is -2.23. The standard InChI is InChI=1S/C28H32N2O5/c1-28(2,27(32)33)29-26(31)18-9-11-20-22(15-18)30-13-14-35-23-16-19(34-3)10-12-21(23)25(30)24(20)17-7-5-4-6-8-17/h9-12,15-17H,4-8,13-14H2,1-3H3,(H,29,31)(H,32,33). The number of ether oxygens (including phenoxy) is 2. The van der Waals surface area contributed by atoms with Gasteiger partial charge in [-0.2, -0.15) is 0 Å². The maximum absolute atomic E-state index is 13.0. The van der Waals surface area contributed by atoms with Crippen LogP contribution in [0.3, 0.4) is 0 Å². The van der Waals surface area contributed by atoms with E-state index in [1.807, 2.05) is 30.3 Å². The molecule has 0 bridgehead atoms. The topological polar surface area (TPSA) is 89.8 Å². The number of nitrogens with one attached hydrogen (secondary N) is 1. The van der Waals surface area contributed by atoms with Crippen molar-refractivity contribution in [3.63, 3.8) is 0 Å². The van der Waals surface area contributed by atoms with Crippen LogP contribution < -0.4 is 14.8 Å². The predicted octanol–water partition coefficient (Wildman–Crippen LogP) is 5.35. The Kier molecular flexibility index (Phi) is 5.95. The first-order chi connectivity index (χ1) is 16.8. The minimum Gasteiger partial charge on any atom is -0.497 e. The zero-order valence-electron chi connectivity index (χ0n) is 20.5. The number of hydrogen-bond donors (Lipinski definition) is 2. The van der Waals surface area contributed by atoms with E-state index in [0.717, 1.165) is 46.5 Å². The summed E-state index contributed by atoms with van der Waals surface area (Å²) in [5.41, 5.74) is 3.59. The smallest absolute Gasteiger partial charge is 0.328 e. The van der Waals surface area contributed by atoms with Gasteiger partial charge in [0.25, 0.3) is 5.91 Å². The number of fused-ring (bicyclic) bond motifs is 5. The van der Waals surface area contributed by atoms with E-state index < -0.39 is 17.4 Å². The lowest BCUT2D eigenvalue weighted by atomic mass is 9.81. The number of aromatic nitrogens is 1. The molecule has 2 aliphatic rings. The molecule has 1 aromatic heterocycles. The van der Waals surface area contributed by atoms with Gasteiger partial charge in [0, 0.05) is 28.1 Å². The van der Waals surface area contributed by atoms with Gasteiger partial charge in [-0.1, -0.05) is 25.3 Å². The van der Waals surface area contributed by atoms with Crippen LogP contribution in [0.5, 0.6) is 11.5 Å². The Morgan fingerprint density at radius 3 is 2.60 bits per heavy atom. The maximum Gasteiger partial charge on any atom is 0.328 e. The summed E-state index contributed by atoms with van der Waals surface area (Å²) in [5, 5.41) is 13.2. The highest BCUT2D eigenvalue weighted by Crippen LogP contribution is 2.47. The number of carboxylic acid groups (broad SMARTS) is 1. The molecule has 2 N–H and O–H groups in total. The molecule has 1 aliphatic heterocycles. The molecule has 0 atom stereocenters. The van der Waals surface area contributed by atoms with Gasteiger partial charge in [-0.05, 0) is 62.4 Å². The van der Waals surface area contributed by atoms with Gasteiger partial charge in [-0.15, -0.1) is 0 Å². The van der Waals surface area contributed by atoms with Crippen LogP contribution in [0.2, 0.25) is 0 Å². The number of aliphatic carboxylic acids is 1. The lowest BCUT2D eigenvalue weighted by molar-refractivity contribution is -0.143. The number of carboxylic acids is 1. The third-order valence-electron chi connectivity index (χ3n) is 7.36. The van der Waals surface area contributed by atoms with Gasteiger partial charge in [0.1, 0.15) is 23.6 Å². The summed E-state index contributed by atoms with van der Waals surface area (Å²) in [6.45, 7) is 4.13. The van der Waals surface area contributed by atoms with Crippen molar-refractivity contribution >= 4 is 22.8 Å². The van der Waals surface area contributed by atoms with Crippen LogP contribution in [0, 0.1) is 0 Å². The molecule has 0 saturated heterocycles. The van der Waals surface area contributed by atoms with E-state index in [1.54, 1.807) is 7.11 Å². The van der Waals surface area contributed by atoms with Crippen LogP contribution in [0.15, 0.2) is 36.4 Å². The summed E-state index contributed by atoms with van der Waals surface area (Å²) < 4.78 is 13.9. The summed E-state index contributed by atoms with van der Waals surface area (Å²) in [6, 6.07) is 11.7. The minimum atomic E-state index is -1.36. The number of hydrogen-bond acceptors (Lipinski definition) is 4. The summed E-state index contributed by atoms with van der Waals surface area (Å²) in [5.74, 6) is 0.536. The molecule has 3 aromatic rings. The molecule has 2 heterocycles. The zero-order chi connectivity index (χ0) is 24.7. The average molecular weight is 477 g/mol. The SMILES string of the molecule is COc1ccc2c(c1)OCCn1c-2c(C2CCCCC2)c2ccc(C(=O)NC(C)(C)C(=O)O)cc21. The molecule has 1 saturated carbocycles. The first-order valence-corrected chi connectivity index (χ1v) is 12.3. The normalized spacial score (nSPS) is 16.1. The Labute approximate surface area is 205 Å². The summed E-state index contributed by atoms with van der Waals surface area (Å²) in [6.07, 6.45) is 5.99. The molecular formula is C28H32N2O5. The first-order valence-electron chi connectivity index (χ1n) is 12.3. The van der Waals surface area contributed by atoms with E-state index in [0.29, 0.717) is 24.6 Å². The fourth-order valence-electron chi connectivity index (χ4n) is 5.45. The van der Waals surface area contributed by atoms with E-state index in [2.05, 4.69) is 16.0 Å². The number of benzene rings is 2. The molecule has 184 valence electrons. The Bertz CT molecular complexity index is 1300. The highest BCUT2D eigenvalue weighted by Gasteiger charge is 2.32. The van der Waals surface area contributed by atoms with Crippen LogP contribution in [0.1, 0.15) is 67.8 Å². The fourth-order valence-corrected chi connectivity index (χ4v) is 5.45. The second kappa shape index (κ2) is 8.95. The maximum atomic E-state index is 13.0. The highest BCUT2D eigenvalue weighted by atomic mass is 16.5. The van der Waals surface area contributed by atoms with Crippen LogP contribution in [-0.4, -0.2) is 40.8 Å². The Balaban J connectivity index is 1.69. The average Bonchev–Trinajstić information content (AvgIpc) is 3.05. The summed E-state index contributed by atoms with van der Waals surface area (Å²) >= 11 is 0. The first kappa shape index (κ1) is 23.3. The van der Waals surface area contributed by atoms with Crippen molar-refractivity contribution < 1.29 is 24.2 Å². The van der Waals surface area contributed by atoms with E-state index in [1.165, 1.54) is 38.7 Å². The van der Waals surface area contributed by atoms with Gasteiger partial charge in [0.2, 0.25) is 0 Å². The molecule has 1 fully saturated rings. The molecule has 1 amide bonds. The molecule has 7 nitrogen and oxygen atoms in total. The van der Waals surface area contributed by atoms with Crippen molar-refractivity contribution in [2.75, 3.05) is 13.7 Å². The largest absolute Gasteiger partial charge is 0.497 e. The summed E-state index contributed by atoms with van der Waals surface area (Å²) in [7, 11) is 1.65. The number of carbonyl (C=O) groups excluding carboxylic acids is 1. The molecule has 7 heteroatoms. The van der Waals surface area contributed by atoms with E-state index in [-0.39, 0.29) is 0 Å². The molecule has 35 heavy (non-hydrogen) atoms. The molecule has 1 aliphatic carbocycles. The van der Waals surface area contributed by atoms with E-state index in [4.69, 9.17) is 9.47 Å². The Morgan fingerprint density at radius 2 is 1.89 bits per heavy atom. The van der Waals surface area contributed by atoms with Crippen molar-refractivity contribution in [2.24, 2.45) is 0 Å². The van der Waals surface area contributed by atoms with Crippen LogP contribution in [0.25, 0.3) is 22.2 Å². The molecule has 0 unspecified atom stereocenters. The second-order valence-corrected chi connectivity index (χ2v) is 10.1. The number of amides is 1. The second-order valence-electron chi connectivity index (χ2n) is 10.1. The number of rotatable bonds is 5. The number of nitrogens with zero attached hydrogens (tertiary/aromatic N) is 1. The Hall–Kier alpha value is -3.48. The highest BCUT2D eigenvalue weighted by molar-refractivity contribution is 6.02. The monoisotopic (exact) mass is 476 g/mol.